The van der Waals surface area contributed by atoms with Gasteiger partial charge in [0.1, 0.15) is 5.82 Å². The van der Waals surface area contributed by atoms with Crippen molar-refractivity contribution < 1.29 is 9.18 Å². The molecule has 2 N–H and O–H groups in total. The smallest absolute Gasteiger partial charge is 0.251 e. The quantitative estimate of drug-likeness (QED) is 0.913. The summed E-state index contributed by atoms with van der Waals surface area (Å²) in [6.07, 6.45) is 4.99. The lowest BCUT2D eigenvalue weighted by atomic mass is 10.1. The molecule has 0 unspecified atom stereocenters. The van der Waals surface area contributed by atoms with E-state index in [2.05, 4.69) is 6.08 Å². The number of carbonyl (C=O) groups excluding carboxylic acids is 1. The predicted octanol–water partition coefficient (Wildman–Crippen LogP) is 2.35. The number of hydrogen-bond acceptors (Lipinski definition) is 2. The number of benzene rings is 1. The molecule has 1 aromatic heterocycles. The average Bonchev–Trinajstić information content (AvgIpc) is 2.99. The van der Waals surface area contributed by atoms with E-state index in [1.54, 1.807) is 0 Å². The number of hydrogen-bond donors (Lipinski definition) is 1. The van der Waals surface area contributed by atoms with Gasteiger partial charge in [0.05, 0.1) is 11.1 Å². The lowest BCUT2D eigenvalue weighted by Gasteiger charge is -2.21. The Labute approximate surface area is 116 Å². The molecule has 1 amide bonds. The molecule has 104 valence electrons. The summed E-state index contributed by atoms with van der Waals surface area (Å²) in [4.78, 5) is 11.7. The highest BCUT2D eigenvalue weighted by molar-refractivity contribution is 6.06. The molecule has 5 heteroatoms. The van der Waals surface area contributed by atoms with Crippen LogP contribution < -0.4 is 10.7 Å². The van der Waals surface area contributed by atoms with Gasteiger partial charge in [0, 0.05) is 23.8 Å². The van der Waals surface area contributed by atoms with Crippen LogP contribution in [-0.2, 0) is 0 Å². The van der Waals surface area contributed by atoms with Crippen molar-refractivity contribution >= 4 is 16.8 Å². The first kappa shape index (κ1) is 12.7. The van der Waals surface area contributed by atoms with E-state index in [4.69, 9.17) is 5.73 Å². The topological polar surface area (TPSA) is 51.3 Å². The Bertz CT molecular complexity index is 745. The van der Waals surface area contributed by atoms with Crippen LogP contribution in [0.25, 0.3) is 10.9 Å². The van der Waals surface area contributed by atoms with Crippen LogP contribution in [0.1, 0.15) is 28.0 Å². The van der Waals surface area contributed by atoms with E-state index in [0.29, 0.717) is 5.52 Å². The summed E-state index contributed by atoms with van der Waals surface area (Å²) in [7, 11) is 0. The highest BCUT2D eigenvalue weighted by atomic mass is 19.1. The lowest BCUT2D eigenvalue weighted by molar-refractivity contribution is 0.100. The van der Waals surface area contributed by atoms with Crippen molar-refractivity contribution in [1.29, 1.82) is 0 Å². The van der Waals surface area contributed by atoms with E-state index in [1.807, 2.05) is 29.7 Å². The van der Waals surface area contributed by atoms with Crippen molar-refractivity contribution in [3.05, 3.63) is 47.0 Å². The molecule has 0 saturated carbocycles. The normalized spacial score (nSPS) is 14.4. The summed E-state index contributed by atoms with van der Waals surface area (Å²) in [6.45, 7) is 4.72. The number of aromatic nitrogens is 1. The number of amides is 1. The van der Waals surface area contributed by atoms with E-state index in [0.717, 1.165) is 29.6 Å². The first-order valence-electron chi connectivity index (χ1n) is 6.55. The summed E-state index contributed by atoms with van der Waals surface area (Å²) in [5, 5.41) is 2.76. The van der Waals surface area contributed by atoms with Crippen LogP contribution in [0.4, 0.5) is 4.39 Å². The van der Waals surface area contributed by atoms with Crippen LogP contribution in [0.5, 0.6) is 0 Å². The maximum absolute atomic E-state index is 13.7. The third-order valence-electron chi connectivity index (χ3n) is 3.88. The standard InChI is InChI=1S/C15H16FN3O/c1-9-10(2)19(18-5-3-4-6-18)14-12(9)7-11(16)8-13(14)15(17)20/h3,5,7-8H,4,6H2,1-2H3,(H2,17,20). The fourth-order valence-corrected chi connectivity index (χ4v) is 2.79. The summed E-state index contributed by atoms with van der Waals surface area (Å²) < 4.78 is 15.7. The summed E-state index contributed by atoms with van der Waals surface area (Å²) in [5.74, 6) is -1.06. The van der Waals surface area contributed by atoms with Crippen LogP contribution in [0, 0.1) is 19.7 Å². The SMILES string of the molecule is Cc1c(C)n(N2C=CCC2)c2c(C(N)=O)cc(F)cc12. The number of aryl methyl sites for hydroxylation is 1. The minimum atomic E-state index is -0.614. The summed E-state index contributed by atoms with van der Waals surface area (Å²) in [5.41, 5.74) is 8.27. The van der Waals surface area contributed by atoms with Crippen LogP contribution in [0.15, 0.2) is 24.4 Å². The van der Waals surface area contributed by atoms with Gasteiger partial charge in [-0.15, -0.1) is 0 Å². The lowest BCUT2D eigenvalue weighted by Crippen LogP contribution is -2.29. The number of rotatable bonds is 2. The van der Waals surface area contributed by atoms with Gasteiger partial charge in [-0.1, -0.05) is 6.08 Å². The first-order chi connectivity index (χ1) is 9.50. The van der Waals surface area contributed by atoms with Gasteiger partial charge >= 0.3 is 0 Å². The number of fused-ring (bicyclic) bond motifs is 1. The van der Waals surface area contributed by atoms with Crippen molar-refractivity contribution in [2.45, 2.75) is 20.3 Å². The predicted molar refractivity (Wildman–Crippen MR) is 76.7 cm³/mol. The zero-order valence-corrected chi connectivity index (χ0v) is 11.5. The van der Waals surface area contributed by atoms with E-state index >= 15 is 0 Å². The molecule has 3 rings (SSSR count). The molecule has 0 radical (unpaired) electrons. The minimum Gasteiger partial charge on any atom is -0.366 e. The number of carbonyl (C=O) groups is 1. The molecular weight excluding hydrogens is 257 g/mol. The van der Waals surface area contributed by atoms with Gasteiger partial charge in [-0.25, -0.2) is 4.39 Å². The summed E-state index contributed by atoms with van der Waals surface area (Å²) in [6, 6.07) is 2.67. The number of nitrogens with two attached hydrogens (primary N) is 1. The zero-order chi connectivity index (χ0) is 14.4. The molecule has 0 saturated heterocycles. The average molecular weight is 273 g/mol. The second-order valence-electron chi connectivity index (χ2n) is 5.07. The van der Waals surface area contributed by atoms with Crippen LogP contribution in [0.3, 0.4) is 0 Å². The Kier molecular flexibility index (Phi) is 2.78. The Hall–Kier alpha value is -2.30. The Morgan fingerprint density at radius 1 is 1.35 bits per heavy atom. The number of halogens is 1. The molecule has 20 heavy (non-hydrogen) atoms. The molecule has 1 aliphatic heterocycles. The highest BCUT2D eigenvalue weighted by Gasteiger charge is 2.21. The Morgan fingerprint density at radius 2 is 2.10 bits per heavy atom. The molecule has 0 bridgehead atoms. The molecule has 4 nitrogen and oxygen atoms in total. The first-order valence-corrected chi connectivity index (χ1v) is 6.55. The summed E-state index contributed by atoms with van der Waals surface area (Å²) >= 11 is 0. The van der Waals surface area contributed by atoms with Gasteiger partial charge in [-0.3, -0.25) is 14.5 Å². The monoisotopic (exact) mass is 273 g/mol. The van der Waals surface area contributed by atoms with Crippen molar-refractivity contribution in [3.8, 4) is 0 Å². The molecule has 0 aliphatic carbocycles. The van der Waals surface area contributed by atoms with Gasteiger partial charge in [0.25, 0.3) is 5.91 Å². The van der Waals surface area contributed by atoms with E-state index in [1.165, 1.54) is 12.1 Å². The van der Waals surface area contributed by atoms with Gasteiger partial charge in [-0.2, -0.15) is 0 Å². The molecule has 0 atom stereocenters. The third-order valence-corrected chi connectivity index (χ3v) is 3.88. The molecule has 2 heterocycles. The van der Waals surface area contributed by atoms with Crippen molar-refractivity contribution in [2.24, 2.45) is 5.73 Å². The van der Waals surface area contributed by atoms with Gasteiger partial charge < -0.3 is 5.73 Å². The largest absolute Gasteiger partial charge is 0.366 e. The fraction of sp³-hybridized carbons (Fsp3) is 0.267. The van der Waals surface area contributed by atoms with Crippen molar-refractivity contribution in [2.75, 3.05) is 11.6 Å². The van der Waals surface area contributed by atoms with Crippen molar-refractivity contribution in [3.63, 3.8) is 0 Å². The van der Waals surface area contributed by atoms with Crippen LogP contribution in [-0.4, -0.2) is 17.1 Å². The van der Waals surface area contributed by atoms with E-state index < -0.39 is 11.7 Å². The number of primary amides is 1. The minimum absolute atomic E-state index is 0.219. The molecular formula is C15H16FN3O. The van der Waals surface area contributed by atoms with E-state index in [-0.39, 0.29) is 5.56 Å². The zero-order valence-electron chi connectivity index (χ0n) is 11.5. The highest BCUT2D eigenvalue weighted by Crippen LogP contribution is 2.30. The second kappa shape index (κ2) is 4.37. The Balaban J connectivity index is 2.41. The second-order valence-corrected chi connectivity index (χ2v) is 5.07. The Morgan fingerprint density at radius 3 is 2.70 bits per heavy atom. The van der Waals surface area contributed by atoms with Crippen molar-refractivity contribution in [1.82, 2.24) is 4.68 Å². The maximum Gasteiger partial charge on any atom is 0.251 e. The molecule has 1 aliphatic rings. The van der Waals surface area contributed by atoms with Gasteiger partial charge in [-0.05, 0) is 38.0 Å². The van der Waals surface area contributed by atoms with E-state index in [9.17, 15) is 9.18 Å². The van der Waals surface area contributed by atoms with Crippen LogP contribution in [0.2, 0.25) is 0 Å². The van der Waals surface area contributed by atoms with Crippen LogP contribution >= 0.6 is 0 Å². The van der Waals surface area contributed by atoms with Gasteiger partial charge in [0.2, 0.25) is 0 Å². The third kappa shape index (κ3) is 1.70. The molecule has 2 aromatic rings. The molecule has 0 fully saturated rings. The van der Waals surface area contributed by atoms with Gasteiger partial charge in [0.15, 0.2) is 0 Å². The molecule has 0 spiro atoms. The fourth-order valence-electron chi connectivity index (χ4n) is 2.79. The number of nitrogens with zero attached hydrogens (tertiary/aromatic N) is 2. The molecule has 1 aromatic carbocycles. The maximum atomic E-state index is 13.7.